The molecule has 3 N–H and O–H groups in total. The van der Waals surface area contributed by atoms with Gasteiger partial charge in [0.25, 0.3) is 0 Å². The van der Waals surface area contributed by atoms with Gasteiger partial charge in [0, 0.05) is 5.56 Å². The lowest BCUT2D eigenvalue weighted by Gasteiger charge is -2.34. The molecule has 5 heteroatoms. The lowest BCUT2D eigenvalue weighted by atomic mass is 9.98. The number of amides is 1. The molecular weight excluding hydrogens is 282 g/mol. The van der Waals surface area contributed by atoms with Gasteiger partial charge in [0.2, 0.25) is 5.91 Å². The number of nitrogens with two attached hydrogens (primary N) is 1. The first-order valence-corrected chi connectivity index (χ1v) is 7.83. The van der Waals surface area contributed by atoms with Crippen molar-refractivity contribution < 1.29 is 4.79 Å². The van der Waals surface area contributed by atoms with Crippen molar-refractivity contribution in [2.45, 2.75) is 32.7 Å². The summed E-state index contributed by atoms with van der Waals surface area (Å²) >= 11 is 5.02. The Bertz CT molecular complexity index is 524. The summed E-state index contributed by atoms with van der Waals surface area (Å²) in [6.07, 6.45) is 2.31. The van der Waals surface area contributed by atoms with E-state index >= 15 is 0 Å². The molecule has 1 aliphatic rings. The highest BCUT2D eigenvalue weighted by atomic mass is 32.1. The third kappa shape index (κ3) is 4.02. The van der Waals surface area contributed by atoms with E-state index in [9.17, 15) is 4.79 Å². The molecule has 0 bridgehead atoms. The summed E-state index contributed by atoms with van der Waals surface area (Å²) in [5.74, 6) is 0.750. The van der Waals surface area contributed by atoms with Crippen molar-refractivity contribution in [3.05, 3.63) is 29.8 Å². The van der Waals surface area contributed by atoms with Gasteiger partial charge in [-0.3, -0.25) is 9.69 Å². The minimum atomic E-state index is -0.142. The third-order valence-electron chi connectivity index (χ3n) is 4.20. The molecule has 4 nitrogen and oxygen atoms in total. The Morgan fingerprint density at radius 3 is 2.62 bits per heavy atom. The second-order valence-corrected chi connectivity index (χ2v) is 6.23. The number of hydrogen-bond acceptors (Lipinski definition) is 3. The Labute approximate surface area is 131 Å². The van der Waals surface area contributed by atoms with Crippen LogP contribution in [-0.2, 0) is 4.79 Å². The van der Waals surface area contributed by atoms with Gasteiger partial charge in [0.15, 0.2) is 0 Å². The Kier molecular flexibility index (Phi) is 5.31. The smallest absolute Gasteiger partial charge is 0.241 e. The minimum absolute atomic E-state index is 0.00625. The number of benzene rings is 1. The Hall–Kier alpha value is -1.46. The van der Waals surface area contributed by atoms with Gasteiger partial charge in [-0.25, -0.2) is 0 Å². The molecule has 0 radical (unpaired) electrons. The molecule has 2 rings (SSSR count). The summed E-state index contributed by atoms with van der Waals surface area (Å²) in [7, 11) is 0. The molecule has 1 unspecified atom stereocenters. The standard InChI is InChI=1S/C16H23N3OS/c1-11-7-9-19(10-8-11)12(2)16(20)18-14-6-4-3-5-13(14)15(17)21/h3-6,11-12H,7-10H2,1-2H3,(H2,17,21)(H,18,20). The summed E-state index contributed by atoms with van der Waals surface area (Å²) < 4.78 is 0. The number of anilines is 1. The number of rotatable bonds is 4. The van der Waals surface area contributed by atoms with Crippen LogP contribution >= 0.6 is 12.2 Å². The van der Waals surface area contributed by atoms with E-state index < -0.39 is 0 Å². The van der Waals surface area contributed by atoms with Crippen molar-refractivity contribution in [3.63, 3.8) is 0 Å². The molecule has 0 aliphatic carbocycles. The zero-order valence-electron chi connectivity index (χ0n) is 12.6. The van der Waals surface area contributed by atoms with Crippen molar-refractivity contribution in [3.8, 4) is 0 Å². The quantitative estimate of drug-likeness (QED) is 0.839. The van der Waals surface area contributed by atoms with Gasteiger partial charge in [-0.2, -0.15) is 0 Å². The molecule has 0 saturated carbocycles. The highest BCUT2D eigenvalue weighted by Crippen LogP contribution is 2.20. The van der Waals surface area contributed by atoms with Gasteiger partial charge in [0.05, 0.1) is 11.7 Å². The van der Waals surface area contributed by atoms with Gasteiger partial charge in [-0.05, 0) is 50.9 Å². The largest absolute Gasteiger partial charge is 0.389 e. The number of carbonyl (C=O) groups excluding carboxylic acids is 1. The second-order valence-electron chi connectivity index (χ2n) is 5.79. The number of para-hydroxylation sites is 1. The van der Waals surface area contributed by atoms with E-state index in [0.29, 0.717) is 16.2 Å². The maximum absolute atomic E-state index is 12.4. The van der Waals surface area contributed by atoms with Crippen LogP contribution in [0.25, 0.3) is 0 Å². The molecule has 114 valence electrons. The first kappa shape index (κ1) is 15.9. The van der Waals surface area contributed by atoms with Crippen molar-refractivity contribution in [2.75, 3.05) is 18.4 Å². The Balaban J connectivity index is 2.03. The molecule has 0 aromatic heterocycles. The van der Waals surface area contributed by atoms with Crippen LogP contribution in [0, 0.1) is 5.92 Å². The summed E-state index contributed by atoms with van der Waals surface area (Å²) in [5.41, 5.74) is 7.09. The molecule has 1 saturated heterocycles. The zero-order valence-corrected chi connectivity index (χ0v) is 13.5. The lowest BCUT2D eigenvalue weighted by Crippen LogP contribution is -2.45. The molecule has 0 spiro atoms. The third-order valence-corrected chi connectivity index (χ3v) is 4.42. The highest BCUT2D eigenvalue weighted by molar-refractivity contribution is 7.80. The predicted octanol–water partition coefficient (Wildman–Crippen LogP) is 2.38. The van der Waals surface area contributed by atoms with E-state index in [4.69, 9.17) is 18.0 Å². The number of thiocarbonyl (C=S) groups is 1. The fraction of sp³-hybridized carbons (Fsp3) is 0.500. The first-order valence-electron chi connectivity index (χ1n) is 7.42. The highest BCUT2D eigenvalue weighted by Gasteiger charge is 2.25. The van der Waals surface area contributed by atoms with E-state index in [1.807, 2.05) is 31.2 Å². The van der Waals surface area contributed by atoms with Crippen molar-refractivity contribution in [1.29, 1.82) is 0 Å². The lowest BCUT2D eigenvalue weighted by molar-refractivity contribution is -0.121. The van der Waals surface area contributed by atoms with Crippen LogP contribution in [-0.4, -0.2) is 34.9 Å². The molecule has 1 aromatic rings. The summed E-state index contributed by atoms with van der Waals surface area (Å²) in [5, 5.41) is 2.95. The molecule has 1 aromatic carbocycles. The topological polar surface area (TPSA) is 58.4 Å². The molecule has 1 amide bonds. The maximum atomic E-state index is 12.4. The van der Waals surface area contributed by atoms with Gasteiger partial charge in [-0.15, -0.1) is 0 Å². The molecular formula is C16H23N3OS. The minimum Gasteiger partial charge on any atom is -0.389 e. The average molecular weight is 305 g/mol. The Morgan fingerprint density at radius 2 is 2.00 bits per heavy atom. The number of hydrogen-bond donors (Lipinski definition) is 2. The van der Waals surface area contributed by atoms with E-state index in [0.717, 1.165) is 31.8 Å². The van der Waals surface area contributed by atoms with Crippen LogP contribution < -0.4 is 11.1 Å². The SMILES string of the molecule is CC1CCN(C(C)C(=O)Nc2ccccc2C(N)=S)CC1. The fourth-order valence-electron chi connectivity index (χ4n) is 2.63. The summed E-state index contributed by atoms with van der Waals surface area (Å²) in [4.78, 5) is 15.0. The fourth-order valence-corrected chi connectivity index (χ4v) is 2.80. The number of likely N-dealkylation sites (tertiary alicyclic amines) is 1. The normalized spacial score (nSPS) is 18.2. The summed E-state index contributed by atoms with van der Waals surface area (Å²) in [6, 6.07) is 7.24. The van der Waals surface area contributed by atoms with Crippen LogP contribution in [0.2, 0.25) is 0 Å². The second kappa shape index (κ2) is 7.00. The molecule has 1 fully saturated rings. The van der Waals surface area contributed by atoms with Crippen molar-refractivity contribution in [2.24, 2.45) is 11.7 Å². The van der Waals surface area contributed by atoms with Crippen molar-refractivity contribution in [1.82, 2.24) is 4.90 Å². The van der Waals surface area contributed by atoms with Gasteiger partial charge in [-0.1, -0.05) is 31.3 Å². The van der Waals surface area contributed by atoms with E-state index in [1.165, 1.54) is 0 Å². The first-order chi connectivity index (χ1) is 9.99. The number of nitrogens with zero attached hydrogens (tertiary/aromatic N) is 1. The van der Waals surface area contributed by atoms with E-state index in [2.05, 4.69) is 17.1 Å². The monoisotopic (exact) mass is 305 g/mol. The van der Waals surface area contributed by atoms with Crippen LogP contribution in [0.3, 0.4) is 0 Å². The Morgan fingerprint density at radius 1 is 1.38 bits per heavy atom. The van der Waals surface area contributed by atoms with Crippen molar-refractivity contribution >= 4 is 28.8 Å². The van der Waals surface area contributed by atoms with Crippen LogP contribution in [0.5, 0.6) is 0 Å². The van der Waals surface area contributed by atoms with Gasteiger partial charge >= 0.3 is 0 Å². The van der Waals surface area contributed by atoms with E-state index in [-0.39, 0.29) is 11.9 Å². The zero-order chi connectivity index (χ0) is 15.4. The number of carbonyl (C=O) groups is 1. The maximum Gasteiger partial charge on any atom is 0.241 e. The van der Waals surface area contributed by atoms with E-state index in [1.54, 1.807) is 0 Å². The van der Waals surface area contributed by atoms with Gasteiger partial charge < -0.3 is 11.1 Å². The van der Waals surface area contributed by atoms with Gasteiger partial charge in [0.1, 0.15) is 4.99 Å². The molecule has 21 heavy (non-hydrogen) atoms. The molecule has 1 heterocycles. The average Bonchev–Trinajstić information content (AvgIpc) is 2.47. The number of nitrogens with one attached hydrogen (secondary N) is 1. The molecule has 1 atom stereocenters. The summed E-state index contributed by atoms with van der Waals surface area (Å²) in [6.45, 7) is 6.18. The number of piperidine rings is 1. The predicted molar refractivity (Wildman–Crippen MR) is 90.4 cm³/mol. The van der Waals surface area contributed by atoms with Crippen LogP contribution in [0.15, 0.2) is 24.3 Å². The van der Waals surface area contributed by atoms with Crippen LogP contribution in [0.1, 0.15) is 32.3 Å². The van der Waals surface area contributed by atoms with Crippen LogP contribution in [0.4, 0.5) is 5.69 Å². The molecule has 1 aliphatic heterocycles.